The zero-order valence-corrected chi connectivity index (χ0v) is 10.6. The highest BCUT2D eigenvalue weighted by Crippen LogP contribution is 2.20. The van der Waals surface area contributed by atoms with Crippen LogP contribution in [-0.4, -0.2) is 15.0 Å². The maximum atomic E-state index is 13.5. The molecule has 0 unspecified atom stereocenters. The van der Waals surface area contributed by atoms with Gasteiger partial charge in [0.1, 0.15) is 0 Å². The van der Waals surface area contributed by atoms with Gasteiger partial charge >= 0.3 is 0 Å². The molecule has 4 nitrogen and oxygen atoms in total. The number of sulfonamides is 1. The van der Waals surface area contributed by atoms with Crippen LogP contribution in [0.15, 0.2) is 23.1 Å². The zero-order chi connectivity index (χ0) is 13.1. The standard InChI is InChI=1S/C11H16FNO3S/c1-8(2)5-6-16-11-4-3-9(7-10(11)12)17(13,14)15/h3-4,7-8H,5-6H2,1-2H3,(H2,13,14,15). The van der Waals surface area contributed by atoms with Gasteiger partial charge in [0.15, 0.2) is 11.6 Å². The Bertz CT molecular complexity index is 485. The molecule has 0 amide bonds. The number of primary sulfonamides is 1. The quantitative estimate of drug-likeness (QED) is 0.880. The molecular formula is C11H16FNO3S. The van der Waals surface area contributed by atoms with Crippen molar-refractivity contribution < 1.29 is 17.5 Å². The monoisotopic (exact) mass is 261 g/mol. The molecule has 0 fully saturated rings. The van der Waals surface area contributed by atoms with Gasteiger partial charge in [-0.1, -0.05) is 13.8 Å². The van der Waals surface area contributed by atoms with E-state index in [1.807, 2.05) is 13.8 Å². The van der Waals surface area contributed by atoms with Crippen LogP contribution in [0.25, 0.3) is 0 Å². The molecule has 1 aromatic rings. The Hall–Kier alpha value is -1.14. The first-order valence-corrected chi connectivity index (χ1v) is 6.80. The zero-order valence-electron chi connectivity index (χ0n) is 9.81. The SMILES string of the molecule is CC(C)CCOc1ccc(S(N)(=O)=O)cc1F. The first-order valence-electron chi connectivity index (χ1n) is 5.26. The lowest BCUT2D eigenvalue weighted by atomic mass is 10.1. The van der Waals surface area contributed by atoms with E-state index in [-0.39, 0.29) is 10.6 Å². The average molecular weight is 261 g/mol. The van der Waals surface area contributed by atoms with Crippen LogP contribution in [-0.2, 0) is 10.0 Å². The fourth-order valence-corrected chi connectivity index (χ4v) is 1.71. The average Bonchev–Trinajstić information content (AvgIpc) is 2.18. The van der Waals surface area contributed by atoms with Crippen molar-refractivity contribution in [2.45, 2.75) is 25.2 Å². The summed E-state index contributed by atoms with van der Waals surface area (Å²) in [6, 6.07) is 3.36. The van der Waals surface area contributed by atoms with Crippen LogP contribution >= 0.6 is 0 Å². The van der Waals surface area contributed by atoms with Crippen molar-refractivity contribution in [1.82, 2.24) is 0 Å². The molecule has 0 heterocycles. The Morgan fingerprint density at radius 2 is 2.06 bits per heavy atom. The summed E-state index contributed by atoms with van der Waals surface area (Å²) < 4.78 is 40.6. The lowest BCUT2D eigenvalue weighted by Crippen LogP contribution is -2.12. The van der Waals surface area contributed by atoms with Crippen LogP contribution in [0.3, 0.4) is 0 Å². The maximum Gasteiger partial charge on any atom is 0.238 e. The third-order valence-corrected chi connectivity index (χ3v) is 3.10. The summed E-state index contributed by atoms with van der Waals surface area (Å²) in [7, 11) is -3.87. The summed E-state index contributed by atoms with van der Waals surface area (Å²) in [4.78, 5) is -0.258. The molecule has 17 heavy (non-hydrogen) atoms. The van der Waals surface area contributed by atoms with E-state index < -0.39 is 15.8 Å². The first kappa shape index (κ1) is 13.9. The fourth-order valence-electron chi connectivity index (χ4n) is 1.18. The highest BCUT2D eigenvalue weighted by Gasteiger charge is 2.12. The molecule has 0 atom stereocenters. The van der Waals surface area contributed by atoms with Crippen LogP contribution in [0.5, 0.6) is 5.75 Å². The molecular weight excluding hydrogens is 245 g/mol. The minimum atomic E-state index is -3.87. The van der Waals surface area contributed by atoms with Crippen LogP contribution in [0.2, 0.25) is 0 Å². The summed E-state index contributed by atoms with van der Waals surface area (Å²) in [5.41, 5.74) is 0. The largest absolute Gasteiger partial charge is 0.491 e. The van der Waals surface area contributed by atoms with Gasteiger partial charge in [-0.3, -0.25) is 0 Å². The van der Waals surface area contributed by atoms with E-state index in [4.69, 9.17) is 9.88 Å². The number of halogens is 1. The van der Waals surface area contributed by atoms with Gasteiger partial charge in [0.25, 0.3) is 0 Å². The third-order valence-electron chi connectivity index (χ3n) is 2.18. The van der Waals surface area contributed by atoms with Crippen LogP contribution < -0.4 is 9.88 Å². The molecule has 0 aliphatic rings. The van der Waals surface area contributed by atoms with Crippen molar-refractivity contribution in [3.63, 3.8) is 0 Å². The summed E-state index contributed by atoms with van der Waals surface area (Å²) >= 11 is 0. The van der Waals surface area contributed by atoms with Crippen LogP contribution in [0.4, 0.5) is 4.39 Å². The Morgan fingerprint density at radius 1 is 1.41 bits per heavy atom. The number of nitrogens with two attached hydrogens (primary N) is 1. The van der Waals surface area contributed by atoms with E-state index >= 15 is 0 Å². The molecule has 0 radical (unpaired) electrons. The number of benzene rings is 1. The van der Waals surface area contributed by atoms with Gasteiger partial charge in [0.2, 0.25) is 10.0 Å². The normalized spacial score (nSPS) is 11.8. The van der Waals surface area contributed by atoms with E-state index in [0.717, 1.165) is 12.5 Å². The van der Waals surface area contributed by atoms with Crippen LogP contribution in [0, 0.1) is 11.7 Å². The lowest BCUT2D eigenvalue weighted by molar-refractivity contribution is 0.276. The number of hydrogen-bond donors (Lipinski definition) is 1. The summed E-state index contributed by atoms with van der Waals surface area (Å²) in [5, 5.41) is 4.88. The molecule has 1 rings (SSSR count). The van der Waals surface area contributed by atoms with Crippen molar-refractivity contribution in [1.29, 1.82) is 0 Å². The first-order chi connectivity index (χ1) is 7.80. The van der Waals surface area contributed by atoms with Gasteiger partial charge < -0.3 is 4.74 Å². The second-order valence-corrected chi connectivity index (χ2v) is 5.73. The van der Waals surface area contributed by atoms with Gasteiger partial charge in [-0.2, -0.15) is 0 Å². The summed E-state index contributed by atoms with van der Waals surface area (Å²) in [6.07, 6.45) is 0.802. The molecule has 0 aromatic heterocycles. The Labute approximate surface area is 101 Å². The molecule has 0 saturated carbocycles. The predicted molar refractivity (Wildman–Crippen MR) is 62.7 cm³/mol. The molecule has 6 heteroatoms. The van der Waals surface area contributed by atoms with E-state index in [1.54, 1.807) is 0 Å². The third kappa shape index (κ3) is 4.32. The van der Waals surface area contributed by atoms with Crippen molar-refractivity contribution in [2.75, 3.05) is 6.61 Å². The summed E-state index contributed by atoms with van der Waals surface area (Å²) in [6.45, 7) is 4.46. The second-order valence-electron chi connectivity index (χ2n) is 4.17. The van der Waals surface area contributed by atoms with Gasteiger partial charge in [0.05, 0.1) is 11.5 Å². The molecule has 0 spiro atoms. The van der Waals surface area contributed by atoms with Gasteiger partial charge in [-0.15, -0.1) is 0 Å². The van der Waals surface area contributed by atoms with Crippen LogP contribution in [0.1, 0.15) is 20.3 Å². The molecule has 0 aliphatic carbocycles. The minimum Gasteiger partial charge on any atom is -0.491 e. The minimum absolute atomic E-state index is 0.0399. The molecule has 0 bridgehead atoms. The van der Waals surface area contributed by atoms with E-state index in [1.165, 1.54) is 12.1 Å². The molecule has 0 saturated heterocycles. The number of rotatable bonds is 5. The van der Waals surface area contributed by atoms with Crippen molar-refractivity contribution >= 4 is 10.0 Å². The smallest absolute Gasteiger partial charge is 0.238 e. The maximum absolute atomic E-state index is 13.5. The Morgan fingerprint density at radius 3 is 2.53 bits per heavy atom. The van der Waals surface area contributed by atoms with Crippen molar-refractivity contribution in [3.05, 3.63) is 24.0 Å². The fraction of sp³-hybridized carbons (Fsp3) is 0.455. The molecule has 96 valence electrons. The Balaban J connectivity index is 2.77. The number of ether oxygens (including phenoxy) is 1. The Kier molecular flexibility index (Phi) is 4.47. The highest BCUT2D eigenvalue weighted by atomic mass is 32.2. The van der Waals surface area contributed by atoms with Crippen molar-refractivity contribution in [3.8, 4) is 5.75 Å². The molecule has 2 N–H and O–H groups in total. The van der Waals surface area contributed by atoms with Gasteiger partial charge in [-0.25, -0.2) is 17.9 Å². The summed E-state index contributed by atoms with van der Waals surface area (Å²) in [5.74, 6) is -0.222. The van der Waals surface area contributed by atoms with E-state index in [9.17, 15) is 12.8 Å². The van der Waals surface area contributed by atoms with E-state index in [2.05, 4.69) is 0 Å². The molecule has 0 aliphatic heterocycles. The second kappa shape index (κ2) is 5.46. The predicted octanol–water partition coefficient (Wildman–Crippen LogP) is 1.90. The van der Waals surface area contributed by atoms with Gasteiger partial charge in [-0.05, 0) is 30.5 Å². The lowest BCUT2D eigenvalue weighted by Gasteiger charge is -2.09. The van der Waals surface area contributed by atoms with Gasteiger partial charge in [0, 0.05) is 0 Å². The van der Waals surface area contributed by atoms with E-state index in [0.29, 0.717) is 12.5 Å². The number of hydrogen-bond acceptors (Lipinski definition) is 3. The van der Waals surface area contributed by atoms with Crippen molar-refractivity contribution in [2.24, 2.45) is 11.1 Å². The topological polar surface area (TPSA) is 69.4 Å². The highest BCUT2D eigenvalue weighted by molar-refractivity contribution is 7.89. The molecule has 1 aromatic carbocycles.